The van der Waals surface area contributed by atoms with Gasteiger partial charge in [0.2, 0.25) is 0 Å². The summed E-state index contributed by atoms with van der Waals surface area (Å²) in [6, 6.07) is 12.3. The molecule has 3 aliphatic rings. The van der Waals surface area contributed by atoms with Gasteiger partial charge in [0.1, 0.15) is 11.9 Å². The number of piperidine rings is 1. The van der Waals surface area contributed by atoms with E-state index >= 15 is 0 Å². The van der Waals surface area contributed by atoms with Crippen LogP contribution in [0.3, 0.4) is 0 Å². The van der Waals surface area contributed by atoms with Gasteiger partial charge in [-0.05, 0) is 42.2 Å². The lowest BCUT2D eigenvalue weighted by molar-refractivity contribution is 0.0977. The molecule has 0 radical (unpaired) electrons. The Bertz CT molecular complexity index is 1350. The highest BCUT2D eigenvalue weighted by molar-refractivity contribution is 6.07. The number of nitrogen functional groups attached to an aromatic ring is 1. The highest BCUT2D eigenvalue weighted by Crippen LogP contribution is 2.51. The van der Waals surface area contributed by atoms with E-state index in [1.807, 2.05) is 11.0 Å². The number of nitrogens with two attached hydrogens (primary N) is 2. The van der Waals surface area contributed by atoms with Crippen LogP contribution in [0, 0.1) is 16.7 Å². The molecule has 6 rings (SSSR count). The number of aromatic nitrogens is 4. The molecular weight excluding hydrogens is 442 g/mol. The Balaban J connectivity index is 1.24. The standard InChI is InChI=1S/C25H27N9O/c26-15-18-23(32-12-7-25(8-13-32)14-16-4-1-2-5-17(16)21(25)27)31-22(28)20(30-18)24(35)33-10-3-11-34-19(33)6-9-29-34/h1-2,4-6,9,21H,3,7-8,10-14,27H2,(H2,28,31). The summed E-state index contributed by atoms with van der Waals surface area (Å²) in [6.45, 7) is 2.68. The fraction of sp³-hybridized carbons (Fsp3) is 0.400. The van der Waals surface area contributed by atoms with Gasteiger partial charge < -0.3 is 16.4 Å². The first-order valence-electron chi connectivity index (χ1n) is 12.0. The fourth-order valence-corrected chi connectivity index (χ4v) is 5.92. The number of hydrogen-bond acceptors (Lipinski definition) is 8. The summed E-state index contributed by atoms with van der Waals surface area (Å²) < 4.78 is 1.78. The minimum absolute atomic E-state index is 0.00157. The van der Waals surface area contributed by atoms with Crippen molar-refractivity contribution in [2.75, 3.05) is 35.2 Å². The predicted octanol–water partition coefficient (Wildman–Crippen LogP) is 2.02. The SMILES string of the molecule is N#Cc1nc(C(=O)N2CCCn3nccc32)c(N)nc1N1CCC2(CC1)Cc1ccccc1C2N. The quantitative estimate of drug-likeness (QED) is 0.580. The van der Waals surface area contributed by atoms with Crippen LogP contribution in [0.5, 0.6) is 0 Å². The molecule has 178 valence electrons. The number of hydrogen-bond donors (Lipinski definition) is 2. The Morgan fingerprint density at radius 3 is 2.69 bits per heavy atom. The molecule has 1 aromatic carbocycles. The topological polar surface area (TPSA) is 143 Å². The lowest BCUT2D eigenvalue weighted by Crippen LogP contribution is -2.45. The lowest BCUT2D eigenvalue weighted by atomic mass is 9.73. The van der Waals surface area contributed by atoms with Gasteiger partial charge in [0, 0.05) is 38.3 Å². The van der Waals surface area contributed by atoms with Crippen LogP contribution in [0.25, 0.3) is 0 Å². The zero-order valence-electron chi connectivity index (χ0n) is 19.4. The number of fused-ring (bicyclic) bond motifs is 2. The van der Waals surface area contributed by atoms with Crippen LogP contribution in [-0.2, 0) is 13.0 Å². The van der Waals surface area contributed by atoms with Crippen LogP contribution in [0.4, 0.5) is 17.5 Å². The number of benzene rings is 1. The molecule has 1 saturated heterocycles. The van der Waals surface area contributed by atoms with Gasteiger partial charge in [0.15, 0.2) is 23.0 Å². The van der Waals surface area contributed by atoms with Gasteiger partial charge in [-0.15, -0.1) is 0 Å². The van der Waals surface area contributed by atoms with E-state index in [9.17, 15) is 10.1 Å². The second-order valence-electron chi connectivity index (χ2n) is 9.67. The van der Waals surface area contributed by atoms with Crippen molar-refractivity contribution in [3.05, 3.63) is 59.0 Å². The molecule has 1 spiro atoms. The van der Waals surface area contributed by atoms with Gasteiger partial charge in [-0.25, -0.2) is 14.6 Å². The van der Waals surface area contributed by atoms with Crippen molar-refractivity contribution in [3.8, 4) is 6.07 Å². The van der Waals surface area contributed by atoms with Crippen LogP contribution in [-0.4, -0.2) is 45.3 Å². The van der Waals surface area contributed by atoms with Gasteiger partial charge in [-0.3, -0.25) is 9.69 Å². The molecule has 10 nitrogen and oxygen atoms in total. The van der Waals surface area contributed by atoms with Gasteiger partial charge in [-0.2, -0.15) is 10.4 Å². The van der Waals surface area contributed by atoms with Crippen molar-refractivity contribution in [3.63, 3.8) is 0 Å². The van der Waals surface area contributed by atoms with Crippen LogP contribution < -0.4 is 21.3 Å². The molecule has 4 N–H and O–H groups in total. The predicted molar refractivity (Wildman–Crippen MR) is 131 cm³/mol. The summed E-state index contributed by atoms with van der Waals surface area (Å²) in [6.07, 6.45) is 5.18. The highest BCUT2D eigenvalue weighted by atomic mass is 16.2. The van der Waals surface area contributed by atoms with Crippen LogP contribution in [0.1, 0.15) is 52.6 Å². The highest BCUT2D eigenvalue weighted by Gasteiger charge is 2.46. The van der Waals surface area contributed by atoms with Crippen molar-refractivity contribution in [2.45, 2.75) is 38.3 Å². The van der Waals surface area contributed by atoms with Crippen molar-refractivity contribution < 1.29 is 4.79 Å². The number of nitriles is 1. The summed E-state index contributed by atoms with van der Waals surface area (Å²) in [7, 11) is 0. The molecule has 1 fully saturated rings. The molecule has 2 aromatic heterocycles. The average molecular weight is 470 g/mol. The maximum absolute atomic E-state index is 13.3. The Morgan fingerprint density at radius 2 is 1.91 bits per heavy atom. The van der Waals surface area contributed by atoms with Gasteiger partial charge in [0.05, 0.1) is 6.20 Å². The van der Waals surface area contributed by atoms with Crippen molar-refractivity contribution >= 4 is 23.4 Å². The van der Waals surface area contributed by atoms with E-state index in [0.29, 0.717) is 31.3 Å². The molecule has 10 heteroatoms. The molecule has 35 heavy (non-hydrogen) atoms. The number of carbonyl (C=O) groups is 1. The molecule has 0 saturated carbocycles. The van der Waals surface area contributed by atoms with Crippen LogP contribution >= 0.6 is 0 Å². The number of carbonyl (C=O) groups excluding carboxylic acids is 1. The number of amides is 1. The largest absolute Gasteiger partial charge is 0.382 e. The monoisotopic (exact) mass is 469 g/mol. The zero-order valence-corrected chi connectivity index (χ0v) is 19.4. The second-order valence-corrected chi connectivity index (χ2v) is 9.67. The minimum Gasteiger partial charge on any atom is -0.382 e. The number of aryl methyl sites for hydroxylation is 1. The van der Waals surface area contributed by atoms with Crippen molar-refractivity contribution in [1.29, 1.82) is 5.26 Å². The van der Waals surface area contributed by atoms with Gasteiger partial charge in [0.25, 0.3) is 5.91 Å². The second kappa shape index (κ2) is 8.06. The molecule has 1 atom stereocenters. The van der Waals surface area contributed by atoms with E-state index in [1.54, 1.807) is 21.8 Å². The Morgan fingerprint density at radius 1 is 1.11 bits per heavy atom. The molecule has 4 heterocycles. The fourth-order valence-electron chi connectivity index (χ4n) is 5.92. The number of nitrogens with zero attached hydrogens (tertiary/aromatic N) is 7. The molecule has 0 bridgehead atoms. The van der Waals surface area contributed by atoms with E-state index in [2.05, 4.69) is 39.3 Å². The smallest absolute Gasteiger partial charge is 0.281 e. The van der Waals surface area contributed by atoms with E-state index < -0.39 is 0 Å². The van der Waals surface area contributed by atoms with Gasteiger partial charge >= 0.3 is 0 Å². The molecule has 1 aliphatic carbocycles. The third-order valence-corrected chi connectivity index (χ3v) is 7.83. The summed E-state index contributed by atoms with van der Waals surface area (Å²) in [5.74, 6) is 0.794. The molecule has 1 unspecified atom stereocenters. The van der Waals surface area contributed by atoms with Crippen molar-refractivity contribution in [1.82, 2.24) is 19.7 Å². The summed E-state index contributed by atoms with van der Waals surface area (Å²) >= 11 is 0. The van der Waals surface area contributed by atoms with Crippen LogP contribution in [0.15, 0.2) is 36.5 Å². The minimum atomic E-state index is -0.369. The molecule has 3 aromatic rings. The summed E-state index contributed by atoms with van der Waals surface area (Å²) in [5.41, 5.74) is 15.7. The Hall–Kier alpha value is -3.97. The zero-order chi connectivity index (χ0) is 24.2. The van der Waals surface area contributed by atoms with Gasteiger partial charge in [-0.1, -0.05) is 24.3 Å². The number of rotatable bonds is 2. The lowest BCUT2D eigenvalue weighted by Gasteiger charge is -2.42. The van der Waals surface area contributed by atoms with Crippen molar-refractivity contribution in [2.24, 2.45) is 11.1 Å². The van der Waals surface area contributed by atoms with E-state index in [-0.39, 0.29) is 34.6 Å². The molecule has 1 amide bonds. The van der Waals surface area contributed by atoms with E-state index in [0.717, 1.165) is 32.2 Å². The first-order chi connectivity index (χ1) is 17.0. The van der Waals surface area contributed by atoms with Crippen LogP contribution in [0.2, 0.25) is 0 Å². The Labute approximate surface area is 203 Å². The summed E-state index contributed by atoms with van der Waals surface area (Å²) in [5, 5.41) is 14.1. The third kappa shape index (κ3) is 3.34. The molecule has 2 aliphatic heterocycles. The van der Waals surface area contributed by atoms with E-state index in [1.165, 1.54) is 11.1 Å². The normalized spacial score (nSPS) is 20.4. The average Bonchev–Trinajstić information content (AvgIpc) is 3.47. The maximum Gasteiger partial charge on any atom is 0.281 e. The first-order valence-corrected chi connectivity index (χ1v) is 12.0. The molecular formula is C25H27N9O. The Kier molecular flexibility index (Phi) is 4.96. The first kappa shape index (κ1) is 21.6. The number of anilines is 3. The summed E-state index contributed by atoms with van der Waals surface area (Å²) in [4.78, 5) is 25.9. The third-order valence-electron chi connectivity index (χ3n) is 7.83. The maximum atomic E-state index is 13.3. The van der Waals surface area contributed by atoms with E-state index in [4.69, 9.17) is 11.5 Å².